The minimum Gasteiger partial charge on any atom is -0.333 e. The van der Waals surface area contributed by atoms with E-state index < -0.39 is 11.7 Å². The number of nitrogens with one attached hydrogen (secondary N) is 1. The minimum absolute atomic E-state index is 0.0821. The Morgan fingerprint density at radius 2 is 1.71 bits per heavy atom. The Morgan fingerprint density at radius 1 is 1.03 bits per heavy atom. The van der Waals surface area contributed by atoms with Crippen LogP contribution < -0.4 is 5.32 Å². The summed E-state index contributed by atoms with van der Waals surface area (Å²) >= 11 is 0. The van der Waals surface area contributed by atoms with Crippen molar-refractivity contribution >= 4 is 16.9 Å². The molecule has 0 atom stereocenters. The fourth-order valence-corrected chi connectivity index (χ4v) is 5.13. The van der Waals surface area contributed by atoms with Crippen molar-refractivity contribution in [2.24, 2.45) is 7.05 Å². The summed E-state index contributed by atoms with van der Waals surface area (Å²) in [6.07, 6.45) is -2.10. The normalized spacial score (nSPS) is 18.3. The smallest absolute Gasteiger partial charge is 0.333 e. The molecular formula is C26H30F3N5O. The molecule has 9 heteroatoms. The Balaban J connectivity index is 1.22. The lowest BCUT2D eigenvalue weighted by molar-refractivity contribution is -0.137. The first kappa shape index (κ1) is 23.8. The fourth-order valence-electron chi connectivity index (χ4n) is 5.13. The fraction of sp³-hybridized carbons (Fsp3) is 0.462. The molecule has 0 radical (unpaired) electrons. The number of amides is 1. The summed E-state index contributed by atoms with van der Waals surface area (Å²) in [7, 11) is 1.88. The second kappa shape index (κ2) is 9.62. The number of rotatable bonds is 4. The zero-order chi connectivity index (χ0) is 24.6. The topological polar surface area (TPSA) is 53.4 Å². The van der Waals surface area contributed by atoms with Gasteiger partial charge in [-0.05, 0) is 67.2 Å². The van der Waals surface area contributed by atoms with Crippen LogP contribution in [0.3, 0.4) is 0 Å². The number of aromatic nitrogens is 2. The Bertz CT molecular complexity index is 1190. The molecule has 2 saturated heterocycles. The van der Waals surface area contributed by atoms with Crippen molar-refractivity contribution in [3.63, 3.8) is 0 Å². The first-order valence-electron chi connectivity index (χ1n) is 12.1. The number of halogens is 3. The molecule has 0 saturated carbocycles. The molecule has 6 nitrogen and oxygen atoms in total. The molecule has 2 fully saturated rings. The van der Waals surface area contributed by atoms with Gasteiger partial charge in [0.25, 0.3) is 5.91 Å². The maximum Gasteiger partial charge on any atom is 0.416 e. The molecule has 0 bridgehead atoms. The number of imidazole rings is 1. The van der Waals surface area contributed by atoms with Crippen LogP contribution in [0.1, 0.15) is 46.1 Å². The number of alkyl halides is 3. The highest BCUT2D eigenvalue weighted by atomic mass is 19.4. The number of hydrogen-bond donors (Lipinski definition) is 1. The minimum atomic E-state index is -4.32. The van der Waals surface area contributed by atoms with Gasteiger partial charge < -0.3 is 14.8 Å². The molecule has 0 unspecified atom stereocenters. The van der Waals surface area contributed by atoms with E-state index in [1.54, 1.807) is 0 Å². The van der Waals surface area contributed by atoms with Crippen LogP contribution in [0.5, 0.6) is 0 Å². The zero-order valence-electron chi connectivity index (χ0n) is 19.8. The van der Waals surface area contributed by atoms with Gasteiger partial charge in [0.05, 0.1) is 16.6 Å². The first-order chi connectivity index (χ1) is 16.8. The number of carbonyl (C=O) groups is 1. The molecule has 2 aliphatic heterocycles. The van der Waals surface area contributed by atoms with E-state index in [2.05, 4.69) is 28.4 Å². The van der Waals surface area contributed by atoms with Gasteiger partial charge >= 0.3 is 6.18 Å². The average Bonchev–Trinajstić information content (AvgIpc) is 3.20. The summed E-state index contributed by atoms with van der Waals surface area (Å²) in [5.74, 6) is 0.888. The van der Waals surface area contributed by atoms with Crippen molar-refractivity contribution < 1.29 is 18.0 Å². The van der Waals surface area contributed by atoms with Crippen LogP contribution >= 0.6 is 0 Å². The number of benzene rings is 2. The average molecular weight is 486 g/mol. The van der Waals surface area contributed by atoms with Crippen LogP contribution in [-0.2, 0) is 19.8 Å². The van der Waals surface area contributed by atoms with Gasteiger partial charge in [0.15, 0.2) is 5.82 Å². The summed E-state index contributed by atoms with van der Waals surface area (Å²) in [5.41, 5.74) is 3.28. The molecule has 186 valence electrons. The zero-order valence-corrected chi connectivity index (χ0v) is 19.8. The highest BCUT2D eigenvalue weighted by molar-refractivity contribution is 5.95. The van der Waals surface area contributed by atoms with Gasteiger partial charge in [0.1, 0.15) is 0 Å². The molecule has 2 aromatic carbocycles. The number of fused-ring (bicyclic) bond motifs is 1. The Morgan fingerprint density at radius 3 is 2.37 bits per heavy atom. The molecule has 3 heterocycles. The third-order valence-corrected chi connectivity index (χ3v) is 7.25. The highest BCUT2D eigenvalue weighted by Gasteiger charge is 2.30. The predicted molar refractivity (Wildman–Crippen MR) is 128 cm³/mol. The first-order valence-corrected chi connectivity index (χ1v) is 12.1. The molecule has 1 aromatic heterocycles. The molecule has 2 aliphatic rings. The van der Waals surface area contributed by atoms with Crippen molar-refractivity contribution in [3.05, 3.63) is 65.0 Å². The second-order valence-electron chi connectivity index (χ2n) is 9.53. The van der Waals surface area contributed by atoms with Gasteiger partial charge in [-0.25, -0.2) is 4.98 Å². The van der Waals surface area contributed by atoms with Crippen LogP contribution in [0.15, 0.2) is 42.5 Å². The standard InChI is InChI=1S/C26H30F3N5O/c1-32-23-7-4-20(19-8-10-30-11-9-19)16-22(23)31-24(32)25(35)34-14-12-33(13-15-34)17-18-2-5-21(6-3-18)26(27,28)29/h2-7,16,19,30H,8-15,17H2,1H3. The van der Waals surface area contributed by atoms with Gasteiger partial charge in [-0.15, -0.1) is 0 Å². The van der Waals surface area contributed by atoms with Crippen molar-refractivity contribution in [1.29, 1.82) is 0 Å². The largest absolute Gasteiger partial charge is 0.416 e. The Hall–Kier alpha value is -2.91. The molecule has 5 rings (SSSR count). The van der Waals surface area contributed by atoms with E-state index in [1.807, 2.05) is 16.5 Å². The summed E-state index contributed by atoms with van der Waals surface area (Å²) < 4.78 is 40.2. The summed E-state index contributed by atoms with van der Waals surface area (Å²) in [5, 5.41) is 3.40. The lowest BCUT2D eigenvalue weighted by atomic mass is 9.90. The van der Waals surface area contributed by atoms with E-state index in [0.717, 1.165) is 54.7 Å². The van der Waals surface area contributed by atoms with Gasteiger partial charge in [0, 0.05) is 39.8 Å². The second-order valence-corrected chi connectivity index (χ2v) is 9.53. The highest BCUT2D eigenvalue weighted by Crippen LogP contribution is 2.30. The summed E-state index contributed by atoms with van der Waals surface area (Å²) in [4.78, 5) is 22.0. The van der Waals surface area contributed by atoms with Gasteiger partial charge in [-0.3, -0.25) is 9.69 Å². The predicted octanol–water partition coefficient (Wildman–Crippen LogP) is 4.02. The number of piperazine rings is 1. The van der Waals surface area contributed by atoms with E-state index in [-0.39, 0.29) is 5.91 Å². The lowest BCUT2D eigenvalue weighted by Gasteiger charge is -2.34. The van der Waals surface area contributed by atoms with Crippen LogP contribution in [0, 0.1) is 0 Å². The van der Waals surface area contributed by atoms with Gasteiger partial charge in [-0.1, -0.05) is 18.2 Å². The van der Waals surface area contributed by atoms with Crippen molar-refractivity contribution in [2.75, 3.05) is 39.3 Å². The molecular weight excluding hydrogens is 455 g/mol. The van der Waals surface area contributed by atoms with Crippen LogP contribution in [0.25, 0.3) is 11.0 Å². The number of hydrogen-bond acceptors (Lipinski definition) is 4. The molecule has 3 aromatic rings. The molecule has 35 heavy (non-hydrogen) atoms. The Labute approximate surface area is 202 Å². The number of carbonyl (C=O) groups excluding carboxylic acids is 1. The molecule has 1 amide bonds. The summed E-state index contributed by atoms with van der Waals surface area (Å²) in [6.45, 7) is 5.06. The summed E-state index contributed by atoms with van der Waals surface area (Å²) in [6, 6.07) is 11.7. The molecule has 0 spiro atoms. The molecule has 0 aliphatic carbocycles. The van der Waals surface area contributed by atoms with E-state index in [0.29, 0.717) is 44.5 Å². The van der Waals surface area contributed by atoms with Crippen LogP contribution in [-0.4, -0.2) is 64.5 Å². The monoisotopic (exact) mass is 485 g/mol. The van der Waals surface area contributed by atoms with E-state index in [4.69, 9.17) is 4.98 Å². The van der Waals surface area contributed by atoms with Crippen LogP contribution in [0.4, 0.5) is 13.2 Å². The number of aryl methyl sites for hydroxylation is 1. The van der Waals surface area contributed by atoms with Crippen molar-refractivity contribution in [1.82, 2.24) is 24.7 Å². The van der Waals surface area contributed by atoms with Gasteiger partial charge in [-0.2, -0.15) is 13.2 Å². The Kier molecular flexibility index (Phi) is 6.55. The number of nitrogens with zero attached hydrogens (tertiary/aromatic N) is 4. The van der Waals surface area contributed by atoms with Crippen molar-refractivity contribution in [2.45, 2.75) is 31.5 Å². The SMILES string of the molecule is Cn1c(C(=O)N2CCN(Cc3ccc(C(F)(F)F)cc3)CC2)nc2cc(C3CCNCC3)ccc21. The third kappa shape index (κ3) is 5.06. The number of piperidine rings is 1. The van der Waals surface area contributed by atoms with Crippen molar-refractivity contribution in [3.8, 4) is 0 Å². The van der Waals surface area contributed by atoms with Crippen LogP contribution in [0.2, 0.25) is 0 Å². The van der Waals surface area contributed by atoms with E-state index in [1.165, 1.54) is 17.7 Å². The molecule has 1 N–H and O–H groups in total. The third-order valence-electron chi connectivity index (χ3n) is 7.25. The van der Waals surface area contributed by atoms with E-state index in [9.17, 15) is 18.0 Å². The van der Waals surface area contributed by atoms with Gasteiger partial charge in [0.2, 0.25) is 0 Å². The van der Waals surface area contributed by atoms with E-state index >= 15 is 0 Å². The lowest BCUT2D eigenvalue weighted by Crippen LogP contribution is -2.48. The maximum atomic E-state index is 13.3. The quantitative estimate of drug-likeness (QED) is 0.607. The maximum absolute atomic E-state index is 13.3.